The molecule has 0 saturated heterocycles. The lowest BCUT2D eigenvalue weighted by molar-refractivity contribution is -0.115. The highest BCUT2D eigenvalue weighted by molar-refractivity contribution is 7.98. The first kappa shape index (κ1) is 20.6. The van der Waals surface area contributed by atoms with Crippen LogP contribution in [0, 0.1) is 0 Å². The van der Waals surface area contributed by atoms with E-state index in [-0.39, 0.29) is 5.91 Å². The minimum absolute atomic E-state index is 0.127. The molecule has 1 N–H and O–H groups in total. The van der Waals surface area contributed by atoms with Gasteiger partial charge < -0.3 is 9.73 Å². The molecule has 1 heterocycles. The van der Waals surface area contributed by atoms with Crippen molar-refractivity contribution in [1.29, 1.82) is 0 Å². The number of hydrogen-bond donors (Lipinski definition) is 1. The van der Waals surface area contributed by atoms with Crippen LogP contribution in [0.5, 0.6) is 0 Å². The summed E-state index contributed by atoms with van der Waals surface area (Å²) in [5, 5.41) is 4.10. The molecule has 2 aromatic carbocycles. The highest BCUT2D eigenvalue weighted by Gasteiger charge is 2.12. The summed E-state index contributed by atoms with van der Waals surface area (Å²) in [6.07, 6.45) is 3.35. The lowest BCUT2D eigenvalue weighted by Gasteiger charge is -2.09. The Labute approximate surface area is 178 Å². The molecule has 144 valence electrons. The predicted octanol–water partition coefficient (Wildman–Crippen LogP) is 6.18. The second-order valence-electron chi connectivity index (χ2n) is 6.00. The van der Waals surface area contributed by atoms with Gasteiger partial charge in [-0.15, -0.1) is 0 Å². The van der Waals surface area contributed by atoms with Crippen molar-refractivity contribution < 1.29 is 9.21 Å². The molecule has 0 radical (unpaired) electrons. The summed E-state index contributed by atoms with van der Waals surface area (Å²) < 4.78 is 5.37. The summed E-state index contributed by atoms with van der Waals surface area (Å²) in [6, 6.07) is 18.8. The van der Waals surface area contributed by atoms with E-state index in [2.05, 4.69) is 5.32 Å². The molecule has 3 rings (SSSR count). The molecular weight excluding hydrogens is 413 g/mol. The Bertz CT molecular complexity index is 940. The van der Waals surface area contributed by atoms with Crippen LogP contribution < -0.4 is 5.32 Å². The van der Waals surface area contributed by atoms with Crippen LogP contribution in [0.15, 0.2) is 71.3 Å². The largest absolute Gasteiger partial charge is 0.465 e. The smallest absolute Gasteiger partial charge is 0.252 e. The van der Waals surface area contributed by atoms with Crippen molar-refractivity contribution in [3.8, 4) is 0 Å². The van der Waals surface area contributed by atoms with Crippen molar-refractivity contribution in [2.45, 2.75) is 5.75 Å². The number of furan rings is 1. The van der Waals surface area contributed by atoms with E-state index >= 15 is 0 Å². The van der Waals surface area contributed by atoms with E-state index in [1.807, 2.05) is 48.5 Å². The van der Waals surface area contributed by atoms with Gasteiger partial charge in [-0.2, -0.15) is 11.8 Å². The van der Waals surface area contributed by atoms with Gasteiger partial charge in [0.15, 0.2) is 0 Å². The quantitative estimate of drug-likeness (QED) is 0.342. The van der Waals surface area contributed by atoms with Crippen molar-refractivity contribution in [2.75, 3.05) is 12.3 Å². The molecule has 28 heavy (non-hydrogen) atoms. The van der Waals surface area contributed by atoms with E-state index in [0.717, 1.165) is 22.6 Å². The summed E-state index contributed by atoms with van der Waals surface area (Å²) in [7, 11) is 0. The second kappa shape index (κ2) is 10.4. The van der Waals surface area contributed by atoms with E-state index in [0.29, 0.717) is 27.9 Å². The number of carbonyl (C=O) groups excluding carboxylic acids is 1. The van der Waals surface area contributed by atoms with Gasteiger partial charge in [0.2, 0.25) is 0 Å². The first-order valence-corrected chi connectivity index (χ1v) is 10.6. The van der Waals surface area contributed by atoms with Gasteiger partial charge >= 0.3 is 0 Å². The molecule has 0 saturated carbocycles. The maximum absolute atomic E-state index is 12.7. The fraction of sp³-hybridized carbons (Fsp3) is 0.136. The Morgan fingerprint density at radius 3 is 2.57 bits per heavy atom. The topological polar surface area (TPSA) is 42.2 Å². The zero-order valence-electron chi connectivity index (χ0n) is 15.0. The number of carbonyl (C=O) groups is 1. The number of hydrogen-bond acceptors (Lipinski definition) is 3. The van der Waals surface area contributed by atoms with E-state index in [9.17, 15) is 4.79 Å². The normalized spacial score (nSPS) is 11.4. The molecule has 0 aliphatic carbocycles. The third-order valence-corrected chi connectivity index (χ3v) is 5.71. The van der Waals surface area contributed by atoms with Gasteiger partial charge in [0.05, 0.1) is 21.9 Å². The van der Waals surface area contributed by atoms with E-state index in [1.165, 1.54) is 0 Å². The summed E-state index contributed by atoms with van der Waals surface area (Å²) >= 11 is 13.7. The Morgan fingerprint density at radius 1 is 1.04 bits per heavy atom. The summed E-state index contributed by atoms with van der Waals surface area (Å²) in [5.41, 5.74) is 2.53. The van der Waals surface area contributed by atoms with Gasteiger partial charge in [0, 0.05) is 18.1 Å². The number of halogens is 2. The van der Waals surface area contributed by atoms with Crippen LogP contribution in [0.2, 0.25) is 10.0 Å². The van der Waals surface area contributed by atoms with Crippen molar-refractivity contribution in [3.63, 3.8) is 0 Å². The molecule has 0 spiro atoms. The van der Waals surface area contributed by atoms with E-state index < -0.39 is 0 Å². The third kappa shape index (κ3) is 5.93. The molecule has 3 nitrogen and oxygen atoms in total. The van der Waals surface area contributed by atoms with Crippen molar-refractivity contribution in [2.24, 2.45) is 0 Å². The standard InChI is InChI=1S/C22H19Cl2NO2S/c23-20-9-8-16(13-21(20)24)15-28-12-10-25-22(26)19(14-18-7-4-11-27-18)17-5-2-1-3-6-17/h1-9,11,13-14H,10,12,15H2,(H,25,26)/b19-14+. The molecule has 1 aromatic heterocycles. The number of benzene rings is 2. The predicted molar refractivity (Wildman–Crippen MR) is 119 cm³/mol. The van der Waals surface area contributed by atoms with Crippen LogP contribution >= 0.6 is 35.0 Å². The Morgan fingerprint density at radius 2 is 1.86 bits per heavy atom. The number of nitrogens with one attached hydrogen (secondary N) is 1. The van der Waals surface area contributed by atoms with Crippen LogP contribution in [0.25, 0.3) is 11.6 Å². The van der Waals surface area contributed by atoms with Crippen LogP contribution in [-0.4, -0.2) is 18.2 Å². The van der Waals surface area contributed by atoms with Crippen LogP contribution in [0.1, 0.15) is 16.9 Å². The van der Waals surface area contributed by atoms with Crippen LogP contribution in [0.4, 0.5) is 0 Å². The monoisotopic (exact) mass is 431 g/mol. The first-order chi connectivity index (χ1) is 13.6. The average Bonchev–Trinajstić information content (AvgIpc) is 3.22. The molecule has 0 atom stereocenters. The van der Waals surface area contributed by atoms with E-state index in [4.69, 9.17) is 27.6 Å². The lowest BCUT2D eigenvalue weighted by atomic mass is 10.0. The average molecular weight is 432 g/mol. The molecule has 0 bridgehead atoms. The van der Waals surface area contributed by atoms with Crippen LogP contribution in [-0.2, 0) is 10.5 Å². The molecule has 3 aromatic rings. The Kier molecular flexibility index (Phi) is 7.66. The van der Waals surface area contributed by atoms with Gasteiger partial charge in [0.25, 0.3) is 5.91 Å². The third-order valence-electron chi connectivity index (χ3n) is 3.94. The van der Waals surface area contributed by atoms with Gasteiger partial charge in [-0.1, -0.05) is 59.6 Å². The molecule has 0 unspecified atom stereocenters. The summed E-state index contributed by atoms with van der Waals surface area (Å²) in [5.74, 6) is 2.11. The number of thioether (sulfide) groups is 1. The second-order valence-corrected chi connectivity index (χ2v) is 7.92. The highest BCUT2D eigenvalue weighted by atomic mass is 35.5. The minimum atomic E-state index is -0.127. The molecule has 1 amide bonds. The minimum Gasteiger partial charge on any atom is -0.465 e. The lowest BCUT2D eigenvalue weighted by Crippen LogP contribution is -2.26. The zero-order chi connectivity index (χ0) is 19.8. The van der Waals surface area contributed by atoms with Gasteiger partial charge in [-0.3, -0.25) is 4.79 Å². The Hall–Kier alpha value is -2.14. The molecule has 0 fully saturated rings. The fourth-order valence-electron chi connectivity index (χ4n) is 2.56. The maximum atomic E-state index is 12.7. The fourth-order valence-corrected chi connectivity index (χ4v) is 3.69. The van der Waals surface area contributed by atoms with Gasteiger partial charge in [-0.05, 0) is 41.5 Å². The van der Waals surface area contributed by atoms with Crippen molar-refractivity contribution in [3.05, 3.63) is 93.9 Å². The van der Waals surface area contributed by atoms with Crippen molar-refractivity contribution >= 4 is 52.5 Å². The van der Waals surface area contributed by atoms with Gasteiger partial charge in [0.1, 0.15) is 5.76 Å². The van der Waals surface area contributed by atoms with Crippen molar-refractivity contribution in [1.82, 2.24) is 5.32 Å². The first-order valence-electron chi connectivity index (χ1n) is 8.74. The molecule has 0 aliphatic heterocycles. The summed E-state index contributed by atoms with van der Waals surface area (Å²) in [6.45, 7) is 0.563. The molecule has 0 aliphatic rings. The molecular formula is C22H19Cl2NO2S. The Balaban J connectivity index is 1.55. The maximum Gasteiger partial charge on any atom is 0.252 e. The number of amides is 1. The van der Waals surface area contributed by atoms with Gasteiger partial charge in [-0.25, -0.2) is 0 Å². The molecule has 6 heteroatoms. The SMILES string of the molecule is O=C(NCCSCc1ccc(Cl)c(Cl)c1)/C(=C/c1ccco1)c1ccccc1. The van der Waals surface area contributed by atoms with E-state index in [1.54, 1.807) is 36.2 Å². The summed E-state index contributed by atoms with van der Waals surface area (Å²) in [4.78, 5) is 12.7. The number of rotatable bonds is 8. The highest BCUT2D eigenvalue weighted by Crippen LogP contribution is 2.24. The van der Waals surface area contributed by atoms with Crippen LogP contribution in [0.3, 0.4) is 0 Å². The zero-order valence-corrected chi connectivity index (χ0v) is 17.4.